The molecule has 1 fully saturated rings. The molecule has 5 nitrogen and oxygen atoms in total. The molecule has 0 unspecified atom stereocenters. The van der Waals surface area contributed by atoms with E-state index in [1.165, 1.54) is 32.1 Å². The fourth-order valence-electron chi connectivity index (χ4n) is 2.99. The number of benzene rings is 1. The van der Waals surface area contributed by atoms with Gasteiger partial charge in [-0.3, -0.25) is 0 Å². The van der Waals surface area contributed by atoms with E-state index in [4.69, 9.17) is 0 Å². The molecule has 118 valence electrons. The Bertz CT molecular complexity index is 714. The molecule has 0 radical (unpaired) electrons. The van der Waals surface area contributed by atoms with Crippen LogP contribution in [0.25, 0.3) is 0 Å². The lowest BCUT2D eigenvalue weighted by Crippen LogP contribution is -2.23. The van der Waals surface area contributed by atoms with E-state index < -0.39 is 0 Å². The summed E-state index contributed by atoms with van der Waals surface area (Å²) in [5.41, 5.74) is 1.36. The number of aromatic nitrogens is 2. The average Bonchev–Trinajstić information content (AvgIpc) is 2.56. The number of nitriles is 1. The third-order valence-corrected chi connectivity index (χ3v) is 4.11. The number of anilines is 3. The molecule has 1 aromatic heterocycles. The molecule has 0 atom stereocenters. The molecule has 3 rings (SSSR count). The molecule has 5 heteroatoms. The van der Waals surface area contributed by atoms with E-state index in [1.54, 1.807) is 6.07 Å². The zero-order valence-corrected chi connectivity index (χ0v) is 13.3. The lowest BCUT2D eigenvalue weighted by molar-refractivity contribution is 0.462. The Balaban J connectivity index is 1.78. The van der Waals surface area contributed by atoms with Crippen molar-refractivity contribution in [3.63, 3.8) is 0 Å². The molecule has 2 aromatic rings. The summed E-state index contributed by atoms with van der Waals surface area (Å²) in [5.74, 6) is 2.27. The van der Waals surface area contributed by atoms with Crippen molar-refractivity contribution in [3.8, 4) is 6.07 Å². The second-order valence-electron chi connectivity index (χ2n) is 5.95. The summed E-state index contributed by atoms with van der Waals surface area (Å²) in [6.07, 6.45) is 6.29. The van der Waals surface area contributed by atoms with Gasteiger partial charge in [0, 0.05) is 12.1 Å². The number of hydrogen-bond donors (Lipinski definition) is 2. The van der Waals surface area contributed by atoms with Gasteiger partial charge in [-0.05, 0) is 31.9 Å². The molecule has 0 saturated heterocycles. The standard InChI is InChI=1S/C18H21N5/c1-13-20-17(22-15-8-3-2-4-9-15)11-18(21-13)23-16-10-6-5-7-14(16)12-19/h5-7,10-11,15H,2-4,8-9H2,1H3,(H2,20,21,22,23). The van der Waals surface area contributed by atoms with Crippen molar-refractivity contribution in [1.82, 2.24) is 9.97 Å². The van der Waals surface area contributed by atoms with Crippen LogP contribution in [0.4, 0.5) is 17.3 Å². The minimum Gasteiger partial charge on any atom is -0.367 e. The zero-order chi connectivity index (χ0) is 16.1. The predicted octanol–water partition coefficient (Wildman–Crippen LogP) is 4.14. The minimum atomic E-state index is 0.497. The van der Waals surface area contributed by atoms with Crippen molar-refractivity contribution < 1.29 is 0 Å². The molecular formula is C18H21N5. The van der Waals surface area contributed by atoms with Gasteiger partial charge in [0.2, 0.25) is 0 Å². The second kappa shape index (κ2) is 7.10. The summed E-state index contributed by atoms with van der Waals surface area (Å²) < 4.78 is 0. The topological polar surface area (TPSA) is 73.6 Å². The van der Waals surface area contributed by atoms with Gasteiger partial charge in [-0.2, -0.15) is 5.26 Å². The number of nitrogens with one attached hydrogen (secondary N) is 2. The summed E-state index contributed by atoms with van der Waals surface area (Å²) in [7, 11) is 0. The van der Waals surface area contributed by atoms with E-state index in [0.29, 0.717) is 23.2 Å². The lowest BCUT2D eigenvalue weighted by atomic mass is 9.95. The fraction of sp³-hybridized carbons (Fsp3) is 0.389. The largest absolute Gasteiger partial charge is 0.367 e. The van der Waals surface area contributed by atoms with E-state index >= 15 is 0 Å². The molecule has 1 heterocycles. The van der Waals surface area contributed by atoms with Gasteiger partial charge in [0.15, 0.2) is 0 Å². The van der Waals surface area contributed by atoms with Crippen molar-refractivity contribution in [2.75, 3.05) is 10.6 Å². The van der Waals surface area contributed by atoms with Crippen LogP contribution in [0.1, 0.15) is 43.5 Å². The molecule has 1 aliphatic carbocycles. The van der Waals surface area contributed by atoms with Crippen molar-refractivity contribution in [1.29, 1.82) is 5.26 Å². The normalized spacial score (nSPS) is 15.0. The Kier molecular flexibility index (Phi) is 4.72. The number of hydrogen-bond acceptors (Lipinski definition) is 5. The SMILES string of the molecule is Cc1nc(Nc2ccccc2C#N)cc(NC2CCCCC2)n1. The van der Waals surface area contributed by atoms with Crippen LogP contribution in [0.15, 0.2) is 30.3 Å². The van der Waals surface area contributed by atoms with Gasteiger partial charge < -0.3 is 10.6 Å². The maximum absolute atomic E-state index is 9.19. The van der Waals surface area contributed by atoms with Crippen LogP contribution in [-0.4, -0.2) is 16.0 Å². The molecule has 0 aliphatic heterocycles. The maximum Gasteiger partial charge on any atom is 0.136 e. The van der Waals surface area contributed by atoms with Gasteiger partial charge in [0.1, 0.15) is 23.5 Å². The minimum absolute atomic E-state index is 0.497. The number of rotatable bonds is 4. The lowest BCUT2D eigenvalue weighted by Gasteiger charge is -2.23. The Morgan fingerprint density at radius 1 is 1.09 bits per heavy atom. The first-order chi connectivity index (χ1) is 11.2. The maximum atomic E-state index is 9.19. The predicted molar refractivity (Wildman–Crippen MR) is 91.7 cm³/mol. The first-order valence-electron chi connectivity index (χ1n) is 8.13. The Morgan fingerprint density at radius 2 is 1.83 bits per heavy atom. The van der Waals surface area contributed by atoms with E-state index in [1.807, 2.05) is 31.2 Å². The summed E-state index contributed by atoms with van der Waals surface area (Å²) in [6, 6.07) is 12.0. The molecule has 0 bridgehead atoms. The van der Waals surface area contributed by atoms with Gasteiger partial charge in [0.05, 0.1) is 11.3 Å². The molecule has 2 N–H and O–H groups in total. The van der Waals surface area contributed by atoms with Crippen LogP contribution < -0.4 is 10.6 Å². The summed E-state index contributed by atoms with van der Waals surface area (Å²) in [6.45, 7) is 1.88. The van der Waals surface area contributed by atoms with Crippen LogP contribution in [0.5, 0.6) is 0 Å². The highest BCUT2D eigenvalue weighted by Gasteiger charge is 2.14. The zero-order valence-electron chi connectivity index (χ0n) is 13.3. The van der Waals surface area contributed by atoms with Crippen molar-refractivity contribution in [3.05, 3.63) is 41.7 Å². The fourth-order valence-corrected chi connectivity index (χ4v) is 2.99. The molecule has 1 aromatic carbocycles. The van der Waals surface area contributed by atoms with E-state index in [2.05, 4.69) is 26.7 Å². The first-order valence-corrected chi connectivity index (χ1v) is 8.13. The van der Waals surface area contributed by atoms with Gasteiger partial charge in [0.25, 0.3) is 0 Å². The summed E-state index contributed by atoms with van der Waals surface area (Å²) in [4.78, 5) is 8.91. The smallest absolute Gasteiger partial charge is 0.136 e. The molecule has 0 amide bonds. The van der Waals surface area contributed by atoms with Crippen LogP contribution in [0.2, 0.25) is 0 Å². The van der Waals surface area contributed by atoms with Crippen LogP contribution in [0.3, 0.4) is 0 Å². The van der Waals surface area contributed by atoms with Crippen LogP contribution in [0, 0.1) is 18.3 Å². The molecule has 1 aliphatic rings. The van der Waals surface area contributed by atoms with Crippen molar-refractivity contribution in [2.24, 2.45) is 0 Å². The highest BCUT2D eigenvalue weighted by Crippen LogP contribution is 2.24. The highest BCUT2D eigenvalue weighted by atomic mass is 15.1. The summed E-state index contributed by atoms with van der Waals surface area (Å²) >= 11 is 0. The highest BCUT2D eigenvalue weighted by molar-refractivity contribution is 5.65. The third-order valence-electron chi connectivity index (χ3n) is 4.11. The molecule has 23 heavy (non-hydrogen) atoms. The third kappa shape index (κ3) is 3.98. The van der Waals surface area contributed by atoms with Gasteiger partial charge in [-0.15, -0.1) is 0 Å². The molecule has 0 spiro atoms. The average molecular weight is 307 g/mol. The second-order valence-corrected chi connectivity index (χ2v) is 5.95. The Labute approximate surface area is 136 Å². The Hall–Kier alpha value is -2.61. The monoisotopic (exact) mass is 307 g/mol. The van der Waals surface area contributed by atoms with E-state index in [9.17, 15) is 5.26 Å². The van der Waals surface area contributed by atoms with Gasteiger partial charge >= 0.3 is 0 Å². The first kappa shape index (κ1) is 15.3. The number of para-hydroxylation sites is 1. The van der Waals surface area contributed by atoms with Crippen molar-refractivity contribution >= 4 is 17.3 Å². The molecular weight excluding hydrogens is 286 g/mol. The Morgan fingerprint density at radius 3 is 2.61 bits per heavy atom. The van der Waals surface area contributed by atoms with E-state index in [-0.39, 0.29) is 0 Å². The molecule has 1 saturated carbocycles. The van der Waals surface area contributed by atoms with Crippen molar-refractivity contribution in [2.45, 2.75) is 45.1 Å². The number of aryl methyl sites for hydroxylation is 1. The van der Waals surface area contributed by atoms with Crippen LogP contribution in [-0.2, 0) is 0 Å². The summed E-state index contributed by atoms with van der Waals surface area (Å²) in [5, 5.41) is 15.9. The van der Waals surface area contributed by atoms with Crippen LogP contribution >= 0.6 is 0 Å². The quantitative estimate of drug-likeness (QED) is 0.888. The van der Waals surface area contributed by atoms with Gasteiger partial charge in [-0.1, -0.05) is 31.4 Å². The van der Waals surface area contributed by atoms with Gasteiger partial charge in [-0.25, -0.2) is 9.97 Å². The van der Waals surface area contributed by atoms with E-state index in [0.717, 1.165) is 11.5 Å². The number of nitrogens with zero attached hydrogens (tertiary/aromatic N) is 3.